The van der Waals surface area contributed by atoms with Gasteiger partial charge in [0.2, 0.25) is 0 Å². The lowest BCUT2D eigenvalue weighted by molar-refractivity contribution is -0.143. The van der Waals surface area contributed by atoms with E-state index in [0.717, 1.165) is 26.1 Å². The predicted octanol–water partition coefficient (Wildman–Crippen LogP) is 0.391. The van der Waals surface area contributed by atoms with Gasteiger partial charge in [-0.3, -0.25) is 4.79 Å². The third-order valence-corrected chi connectivity index (χ3v) is 3.99. The number of rotatable bonds is 2. The van der Waals surface area contributed by atoms with E-state index in [2.05, 4.69) is 17.3 Å². The van der Waals surface area contributed by atoms with Gasteiger partial charge in [-0.2, -0.15) is 0 Å². The molecule has 2 aliphatic heterocycles. The Labute approximate surface area is 90.6 Å². The number of likely N-dealkylation sites (tertiary alicyclic amines) is 1. The maximum absolute atomic E-state index is 11.1. The molecule has 2 aliphatic rings. The van der Waals surface area contributed by atoms with Crippen molar-refractivity contribution in [2.45, 2.75) is 25.3 Å². The third-order valence-electron chi connectivity index (χ3n) is 3.99. The molecule has 0 radical (unpaired) electrons. The van der Waals surface area contributed by atoms with Gasteiger partial charge >= 0.3 is 5.97 Å². The van der Waals surface area contributed by atoms with Crippen LogP contribution in [-0.2, 0) is 4.79 Å². The van der Waals surface area contributed by atoms with E-state index in [1.807, 2.05) is 0 Å². The number of nitrogens with one attached hydrogen (secondary N) is 1. The topological polar surface area (TPSA) is 52.6 Å². The van der Waals surface area contributed by atoms with Crippen LogP contribution in [0.3, 0.4) is 0 Å². The third kappa shape index (κ3) is 2.01. The standard InChI is InChI=1S/C11H20N2O2/c1-11(10(14)15)5-9(6-12-11)8-3-4-13(2)7-8/h8-9,12H,3-7H2,1-2H3,(H,14,15). The monoisotopic (exact) mass is 212 g/mol. The van der Waals surface area contributed by atoms with Crippen molar-refractivity contribution in [3.63, 3.8) is 0 Å². The maximum Gasteiger partial charge on any atom is 0.323 e. The number of carboxylic acid groups (broad SMARTS) is 1. The Kier molecular flexibility index (Phi) is 2.73. The highest BCUT2D eigenvalue weighted by atomic mass is 16.4. The highest BCUT2D eigenvalue weighted by Crippen LogP contribution is 2.33. The highest BCUT2D eigenvalue weighted by Gasteiger charge is 2.44. The SMILES string of the molecule is CN1CCC(C2CNC(C)(C(=O)O)C2)C1. The first-order valence-electron chi connectivity index (χ1n) is 5.68. The molecule has 2 saturated heterocycles. The lowest BCUT2D eigenvalue weighted by atomic mass is 9.85. The minimum absolute atomic E-state index is 0.538. The molecule has 0 aromatic heterocycles. The largest absolute Gasteiger partial charge is 0.480 e. The van der Waals surface area contributed by atoms with Crippen LogP contribution in [0, 0.1) is 11.8 Å². The summed E-state index contributed by atoms with van der Waals surface area (Å²) in [6.07, 6.45) is 2.00. The second-order valence-corrected chi connectivity index (χ2v) is 5.29. The molecular formula is C11H20N2O2. The molecule has 3 unspecified atom stereocenters. The van der Waals surface area contributed by atoms with E-state index in [1.54, 1.807) is 6.92 Å². The van der Waals surface area contributed by atoms with E-state index in [-0.39, 0.29) is 0 Å². The van der Waals surface area contributed by atoms with E-state index < -0.39 is 11.5 Å². The van der Waals surface area contributed by atoms with Crippen LogP contribution in [0.5, 0.6) is 0 Å². The Bertz CT molecular complexity index is 269. The zero-order chi connectivity index (χ0) is 11.1. The minimum Gasteiger partial charge on any atom is -0.480 e. The molecule has 0 spiro atoms. The van der Waals surface area contributed by atoms with Crippen LogP contribution in [-0.4, -0.2) is 48.2 Å². The normalized spacial score (nSPS) is 42.3. The van der Waals surface area contributed by atoms with Gasteiger partial charge in [0.15, 0.2) is 0 Å². The maximum atomic E-state index is 11.1. The van der Waals surface area contributed by atoms with Crippen LogP contribution in [0.15, 0.2) is 0 Å². The number of carboxylic acids is 1. The zero-order valence-electron chi connectivity index (χ0n) is 9.49. The lowest BCUT2D eigenvalue weighted by Gasteiger charge is -2.20. The fourth-order valence-electron chi connectivity index (χ4n) is 2.88. The molecule has 2 rings (SSSR count). The molecule has 2 N–H and O–H groups in total. The van der Waals surface area contributed by atoms with Crippen molar-refractivity contribution in [3.05, 3.63) is 0 Å². The summed E-state index contributed by atoms with van der Waals surface area (Å²) in [7, 11) is 2.14. The van der Waals surface area contributed by atoms with E-state index >= 15 is 0 Å². The van der Waals surface area contributed by atoms with Crippen LogP contribution >= 0.6 is 0 Å². The summed E-state index contributed by atoms with van der Waals surface area (Å²) in [4.78, 5) is 13.4. The first kappa shape index (κ1) is 10.9. The summed E-state index contributed by atoms with van der Waals surface area (Å²) in [5.74, 6) is 0.510. The summed E-state index contributed by atoms with van der Waals surface area (Å²) in [5, 5.41) is 12.3. The smallest absolute Gasteiger partial charge is 0.323 e. The Balaban J connectivity index is 1.95. The zero-order valence-corrected chi connectivity index (χ0v) is 9.49. The molecule has 86 valence electrons. The first-order valence-corrected chi connectivity index (χ1v) is 5.68. The summed E-state index contributed by atoms with van der Waals surface area (Å²) in [6.45, 7) is 4.95. The Hall–Kier alpha value is -0.610. The Morgan fingerprint density at radius 3 is 2.73 bits per heavy atom. The molecule has 2 heterocycles. The molecule has 4 heteroatoms. The second-order valence-electron chi connectivity index (χ2n) is 5.29. The molecule has 15 heavy (non-hydrogen) atoms. The Morgan fingerprint density at radius 1 is 1.53 bits per heavy atom. The van der Waals surface area contributed by atoms with E-state index in [9.17, 15) is 4.79 Å². The number of hydrogen-bond acceptors (Lipinski definition) is 3. The van der Waals surface area contributed by atoms with Gasteiger partial charge in [-0.15, -0.1) is 0 Å². The van der Waals surface area contributed by atoms with Crippen LogP contribution in [0.1, 0.15) is 19.8 Å². The fraction of sp³-hybridized carbons (Fsp3) is 0.909. The van der Waals surface area contributed by atoms with Gasteiger partial charge in [0.05, 0.1) is 0 Å². The highest BCUT2D eigenvalue weighted by molar-refractivity contribution is 5.78. The molecule has 0 amide bonds. The quantitative estimate of drug-likeness (QED) is 0.695. The van der Waals surface area contributed by atoms with E-state index in [0.29, 0.717) is 11.8 Å². The van der Waals surface area contributed by atoms with Crippen LogP contribution in [0.4, 0.5) is 0 Å². The molecule has 0 bridgehead atoms. The molecule has 4 nitrogen and oxygen atoms in total. The van der Waals surface area contributed by atoms with Crippen LogP contribution in [0.25, 0.3) is 0 Å². The average molecular weight is 212 g/mol. The summed E-state index contributed by atoms with van der Waals surface area (Å²) >= 11 is 0. The molecule has 0 aromatic carbocycles. The van der Waals surface area contributed by atoms with E-state index in [1.165, 1.54) is 6.42 Å². The second kappa shape index (κ2) is 3.76. The van der Waals surface area contributed by atoms with Crippen molar-refractivity contribution in [3.8, 4) is 0 Å². The van der Waals surface area contributed by atoms with Gasteiger partial charge in [-0.25, -0.2) is 0 Å². The van der Waals surface area contributed by atoms with Gasteiger partial charge in [0.1, 0.15) is 5.54 Å². The first-order chi connectivity index (χ1) is 7.01. The number of hydrogen-bond donors (Lipinski definition) is 2. The fourth-order valence-corrected chi connectivity index (χ4v) is 2.88. The molecule has 0 aliphatic carbocycles. The molecular weight excluding hydrogens is 192 g/mol. The van der Waals surface area contributed by atoms with Gasteiger partial charge in [-0.05, 0) is 51.7 Å². The molecule has 2 fully saturated rings. The number of nitrogens with zero attached hydrogens (tertiary/aromatic N) is 1. The van der Waals surface area contributed by atoms with Gasteiger partial charge < -0.3 is 15.3 Å². The summed E-state index contributed by atoms with van der Waals surface area (Å²) in [5.41, 5.74) is -0.689. The van der Waals surface area contributed by atoms with Crippen molar-refractivity contribution in [2.24, 2.45) is 11.8 Å². The summed E-state index contributed by atoms with van der Waals surface area (Å²) in [6, 6.07) is 0. The van der Waals surface area contributed by atoms with Crippen LogP contribution in [0.2, 0.25) is 0 Å². The number of carbonyl (C=O) groups is 1. The molecule has 0 aromatic rings. The lowest BCUT2D eigenvalue weighted by Crippen LogP contribution is -2.44. The van der Waals surface area contributed by atoms with Gasteiger partial charge in [0.25, 0.3) is 0 Å². The number of aliphatic carboxylic acids is 1. The Morgan fingerprint density at radius 2 is 2.27 bits per heavy atom. The van der Waals surface area contributed by atoms with Gasteiger partial charge in [-0.1, -0.05) is 0 Å². The van der Waals surface area contributed by atoms with Crippen LogP contribution < -0.4 is 5.32 Å². The summed E-state index contributed by atoms with van der Waals surface area (Å²) < 4.78 is 0. The predicted molar refractivity (Wildman–Crippen MR) is 57.8 cm³/mol. The average Bonchev–Trinajstić information content (AvgIpc) is 2.73. The van der Waals surface area contributed by atoms with E-state index in [4.69, 9.17) is 5.11 Å². The van der Waals surface area contributed by atoms with Crippen molar-refractivity contribution in [1.29, 1.82) is 0 Å². The van der Waals surface area contributed by atoms with Crippen molar-refractivity contribution in [1.82, 2.24) is 10.2 Å². The minimum atomic E-state index is -0.712. The molecule has 3 atom stereocenters. The van der Waals surface area contributed by atoms with Crippen molar-refractivity contribution in [2.75, 3.05) is 26.7 Å². The van der Waals surface area contributed by atoms with Gasteiger partial charge in [0, 0.05) is 6.54 Å². The molecule has 0 saturated carbocycles. The van der Waals surface area contributed by atoms with Crippen molar-refractivity contribution >= 4 is 5.97 Å². The van der Waals surface area contributed by atoms with Crippen molar-refractivity contribution < 1.29 is 9.90 Å².